The molecule has 0 fully saturated rings. The van der Waals surface area contributed by atoms with Crippen molar-refractivity contribution in [1.82, 2.24) is 4.57 Å². The van der Waals surface area contributed by atoms with Crippen LogP contribution in [-0.4, -0.2) is 27.1 Å². The van der Waals surface area contributed by atoms with Crippen LogP contribution in [0.1, 0.15) is 51.6 Å². The van der Waals surface area contributed by atoms with Crippen LogP contribution in [-0.2, 0) is 6.54 Å². The van der Waals surface area contributed by atoms with Crippen LogP contribution in [0, 0.1) is 6.92 Å². The molecule has 0 aliphatic heterocycles. The van der Waals surface area contributed by atoms with Crippen molar-refractivity contribution in [2.45, 2.75) is 33.2 Å². The van der Waals surface area contributed by atoms with E-state index in [2.05, 4.69) is 23.2 Å². The molecule has 0 radical (unpaired) electrons. The molecule has 33 heavy (non-hydrogen) atoms. The Bertz CT molecular complexity index is 1430. The van der Waals surface area contributed by atoms with Crippen LogP contribution in [0.2, 0.25) is 0 Å². The molecule has 5 nitrogen and oxygen atoms in total. The standard InChI is InChI=1S/C28H26N2O3/c1-4-6-11-24(29-33)28(32)20-13-15-26-23(17-20)22-16-19(12-14-25(22)30(26)5-2)27(31)21-10-8-7-9-18(21)3/h4,7-10,12-17,33H,1,5-6,11H2,2-3H3/b29-24+. The number of aromatic nitrogens is 1. The Labute approximate surface area is 192 Å². The van der Waals surface area contributed by atoms with Gasteiger partial charge >= 0.3 is 0 Å². The third-order valence-electron chi connectivity index (χ3n) is 6.06. The number of benzene rings is 3. The summed E-state index contributed by atoms with van der Waals surface area (Å²) in [5.41, 5.74) is 4.75. The van der Waals surface area contributed by atoms with Crippen LogP contribution in [0.5, 0.6) is 0 Å². The molecule has 0 spiro atoms. The summed E-state index contributed by atoms with van der Waals surface area (Å²) in [5, 5.41) is 14.3. The van der Waals surface area contributed by atoms with Crippen LogP contribution in [0.15, 0.2) is 78.5 Å². The van der Waals surface area contributed by atoms with Gasteiger partial charge in [-0.05, 0) is 62.2 Å². The minimum absolute atomic E-state index is 0.0289. The summed E-state index contributed by atoms with van der Waals surface area (Å²) >= 11 is 0. The second-order valence-corrected chi connectivity index (χ2v) is 8.06. The van der Waals surface area contributed by atoms with E-state index in [-0.39, 0.29) is 17.3 Å². The molecule has 0 amide bonds. The molecule has 1 N–H and O–H groups in total. The summed E-state index contributed by atoms with van der Waals surface area (Å²) in [6.45, 7) is 8.40. The van der Waals surface area contributed by atoms with Gasteiger partial charge in [-0.1, -0.05) is 35.5 Å². The van der Waals surface area contributed by atoms with E-state index in [1.807, 2.05) is 61.5 Å². The van der Waals surface area contributed by atoms with E-state index in [9.17, 15) is 14.8 Å². The third-order valence-corrected chi connectivity index (χ3v) is 6.06. The highest BCUT2D eigenvalue weighted by molar-refractivity contribution is 6.46. The Hall–Kier alpha value is -3.99. The van der Waals surface area contributed by atoms with Crippen molar-refractivity contribution >= 4 is 39.1 Å². The monoisotopic (exact) mass is 438 g/mol. The number of oxime groups is 1. The summed E-state index contributed by atoms with van der Waals surface area (Å²) < 4.78 is 2.17. The van der Waals surface area contributed by atoms with Crippen molar-refractivity contribution < 1.29 is 14.8 Å². The maximum Gasteiger partial charge on any atom is 0.210 e. The molecule has 0 aliphatic rings. The lowest BCUT2D eigenvalue weighted by Crippen LogP contribution is -2.14. The first-order valence-electron chi connectivity index (χ1n) is 11.0. The van der Waals surface area contributed by atoms with Crippen LogP contribution in [0.3, 0.4) is 0 Å². The van der Waals surface area contributed by atoms with Gasteiger partial charge in [0.05, 0.1) is 0 Å². The zero-order valence-corrected chi connectivity index (χ0v) is 18.8. The van der Waals surface area contributed by atoms with Gasteiger partial charge in [0.15, 0.2) is 5.78 Å². The summed E-state index contributed by atoms with van der Waals surface area (Å²) in [4.78, 5) is 26.2. The van der Waals surface area contributed by atoms with Gasteiger partial charge in [-0.3, -0.25) is 9.59 Å². The second-order valence-electron chi connectivity index (χ2n) is 8.06. The van der Waals surface area contributed by atoms with E-state index in [0.717, 1.165) is 33.9 Å². The Morgan fingerprint density at radius 3 is 2.24 bits per heavy atom. The van der Waals surface area contributed by atoms with Gasteiger partial charge in [-0.2, -0.15) is 0 Å². The first-order valence-corrected chi connectivity index (χ1v) is 11.0. The first-order chi connectivity index (χ1) is 16.0. The van der Waals surface area contributed by atoms with Crippen molar-refractivity contribution in [3.05, 3.63) is 95.6 Å². The number of carbonyl (C=O) groups is 2. The van der Waals surface area contributed by atoms with Crippen molar-refractivity contribution in [2.24, 2.45) is 5.16 Å². The molecule has 0 saturated carbocycles. The number of carbonyl (C=O) groups excluding carboxylic acids is 2. The molecule has 4 aromatic rings. The maximum atomic E-state index is 13.2. The largest absolute Gasteiger partial charge is 0.411 e. The van der Waals surface area contributed by atoms with Gasteiger partial charge in [-0.25, -0.2) is 0 Å². The average molecular weight is 439 g/mol. The molecule has 0 saturated heterocycles. The zero-order valence-electron chi connectivity index (χ0n) is 18.8. The smallest absolute Gasteiger partial charge is 0.210 e. The lowest BCUT2D eigenvalue weighted by Gasteiger charge is -2.06. The lowest BCUT2D eigenvalue weighted by atomic mass is 9.97. The van der Waals surface area contributed by atoms with Crippen molar-refractivity contribution in [1.29, 1.82) is 0 Å². The van der Waals surface area contributed by atoms with Gasteiger partial charge in [0.1, 0.15) is 5.71 Å². The van der Waals surface area contributed by atoms with Crippen LogP contribution < -0.4 is 0 Å². The highest BCUT2D eigenvalue weighted by atomic mass is 16.4. The van der Waals surface area contributed by atoms with E-state index in [0.29, 0.717) is 29.5 Å². The molecule has 4 rings (SSSR count). The van der Waals surface area contributed by atoms with Gasteiger partial charge < -0.3 is 9.77 Å². The summed E-state index contributed by atoms with van der Waals surface area (Å²) in [7, 11) is 0. The summed E-state index contributed by atoms with van der Waals surface area (Å²) in [6, 6.07) is 18.8. The first kappa shape index (κ1) is 22.2. The molecule has 3 aromatic carbocycles. The molecule has 0 unspecified atom stereocenters. The predicted molar refractivity (Wildman–Crippen MR) is 133 cm³/mol. The normalized spacial score (nSPS) is 11.8. The topological polar surface area (TPSA) is 71.7 Å². The quantitative estimate of drug-likeness (QED) is 0.115. The number of rotatable bonds is 8. The van der Waals surface area contributed by atoms with Crippen LogP contribution >= 0.6 is 0 Å². The fourth-order valence-corrected chi connectivity index (χ4v) is 4.32. The van der Waals surface area contributed by atoms with Crippen LogP contribution in [0.4, 0.5) is 0 Å². The number of hydrogen-bond donors (Lipinski definition) is 1. The molecule has 0 aliphatic carbocycles. The Morgan fingerprint density at radius 2 is 1.64 bits per heavy atom. The number of aryl methyl sites for hydroxylation is 2. The molecular formula is C28H26N2O3. The molecule has 1 aromatic heterocycles. The van der Waals surface area contributed by atoms with E-state index >= 15 is 0 Å². The van der Waals surface area contributed by atoms with E-state index in [4.69, 9.17) is 0 Å². The van der Waals surface area contributed by atoms with E-state index in [1.165, 1.54) is 0 Å². The molecule has 166 valence electrons. The van der Waals surface area contributed by atoms with E-state index in [1.54, 1.807) is 12.1 Å². The molecule has 5 heteroatoms. The summed E-state index contributed by atoms with van der Waals surface area (Å²) in [6.07, 6.45) is 2.55. The van der Waals surface area contributed by atoms with Gasteiger partial charge in [0, 0.05) is 51.5 Å². The minimum Gasteiger partial charge on any atom is -0.411 e. The molecule has 0 atom stereocenters. The van der Waals surface area contributed by atoms with Gasteiger partial charge in [0.25, 0.3) is 0 Å². The highest BCUT2D eigenvalue weighted by Gasteiger charge is 2.19. The Morgan fingerprint density at radius 1 is 1.00 bits per heavy atom. The molecular weight excluding hydrogens is 412 g/mol. The molecule has 0 bridgehead atoms. The van der Waals surface area contributed by atoms with Crippen molar-refractivity contribution in [2.75, 3.05) is 0 Å². The van der Waals surface area contributed by atoms with Crippen LogP contribution in [0.25, 0.3) is 21.8 Å². The highest BCUT2D eigenvalue weighted by Crippen LogP contribution is 2.31. The number of fused-ring (bicyclic) bond motifs is 3. The Balaban J connectivity index is 1.86. The minimum atomic E-state index is -0.314. The number of hydrogen-bond acceptors (Lipinski definition) is 4. The number of Topliss-reactive ketones (excluding diaryl/α,β-unsaturated/α-hetero) is 1. The second kappa shape index (κ2) is 9.25. The molecule has 1 heterocycles. The van der Waals surface area contributed by atoms with Crippen molar-refractivity contribution in [3.63, 3.8) is 0 Å². The Kier molecular flexibility index (Phi) is 6.22. The zero-order chi connectivity index (χ0) is 23.5. The van der Waals surface area contributed by atoms with Crippen molar-refractivity contribution in [3.8, 4) is 0 Å². The fourth-order valence-electron chi connectivity index (χ4n) is 4.32. The number of nitrogens with zero attached hydrogens (tertiary/aromatic N) is 2. The fraction of sp³-hybridized carbons (Fsp3) is 0.179. The SMILES string of the molecule is C=CCC/C(=N\O)C(=O)c1ccc2c(c1)c1cc(C(=O)c3ccccc3C)ccc1n2CC. The predicted octanol–water partition coefficient (Wildman–Crippen LogP) is 6.33. The maximum absolute atomic E-state index is 13.2. The summed E-state index contributed by atoms with van der Waals surface area (Å²) in [5.74, 6) is -0.343. The number of allylic oxidation sites excluding steroid dienone is 1. The average Bonchev–Trinajstić information content (AvgIpc) is 3.16. The third kappa shape index (κ3) is 3.98. The lowest BCUT2D eigenvalue weighted by molar-refractivity contribution is 0.103. The van der Waals surface area contributed by atoms with Gasteiger partial charge in [-0.15, -0.1) is 6.58 Å². The number of ketones is 2. The van der Waals surface area contributed by atoms with E-state index < -0.39 is 0 Å². The van der Waals surface area contributed by atoms with Gasteiger partial charge in [0.2, 0.25) is 5.78 Å².